The number of aromatic nitrogens is 2. The number of ether oxygens (including phenoxy) is 3. The van der Waals surface area contributed by atoms with Crippen LogP contribution in [-0.2, 0) is 9.53 Å². The van der Waals surface area contributed by atoms with Crippen LogP contribution >= 0.6 is 15.9 Å². The number of furan rings is 1. The predicted octanol–water partition coefficient (Wildman–Crippen LogP) is 5.80. The van der Waals surface area contributed by atoms with E-state index < -0.39 is 5.97 Å². The third-order valence-electron chi connectivity index (χ3n) is 5.69. The Bertz CT molecular complexity index is 1760. The molecule has 0 aliphatic heterocycles. The molecule has 0 unspecified atom stereocenters. The standard InChI is InChI=1S/C29H24BrN3O6/c1-3-36-25-13-18(9-11-24(25)38-17-27(34)37-4-2)16-31-33-28(32-22-8-6-5-7-21(22)29(33)35)26-15-19-14-20(30)10-12-23(19)39-26/h5-16H,3-4,17H2,1-2H3. The molecule has 0 saturated carbocycles. The van der Waals surface area contributed by atoms with Crippen LogP contribution in [0.1, 0.15) is 19.4 Å². The van der Waals surface area contributed by atoms with Crippen molar-refractivity contribution in [1.29, 1.82) is 0 Å². The highest BCUT2D eigenvalue weighted by molar-refractivity contribution is 9.10. The van der Waals surface area contributed by atoms with Crippen LogP contribution in [0.4, 0.5) is 0 Å². The lowest BCUT2D eigenvalue weighted by Crippen LogP contribution is -2.20. The zero-order valence-corrected chi connectivity index (χ0v) is 22.8. The van der Waals surface area contributed by atoms with Gasteiger partial charge in [-0.3, -0.25) is 4.79 Å². The van der Waals surface area contributed by atoms with Crippen molar-refractivity contribution in [3.05, 3.63) is 87.1 Å². The summed E-state index contributed by atoms with van der Waals surface area (Å²) in [5.41, 5.74) is 1.49. The number of rotatable bonds is 9. The van der Waals surface area contributed by atoms with Crippen LogP contribution < -0.4 is 15.0 Å². The fourth-order valence-corrected chi connectivity index (χ4v) is 4.35. The van der Waals surface area contributed by atoms with Gasteiger partial charge in [0.1, 0.15) is 5.58 Å². The quantitative estimate of drug-likeness (QED) is 0.158. The number of carbonyl (C=O) groups excluding carboxylic acids is 1. The molecule has 0 aliphatic rings. The first-order valence-electron chi connectivity index (χ1n) is 12.3. The Morgan fingerprint density at radius 2 is 1.87 bits per heavy atom. The van der Waals surface area contributed by atoms with Crippen LogP contribution in [0.5, 0.6) is 11.5 Å². The molecule has 9 nitrogen and oxygen atoms in total. The number of fused-ring (bicyclic) bond motifs is 2. The highest BCUT2D eigenvalue weighted by Crippen LogP contribution is 2.30. The predicted molar refractivity (Wildman–Crippen MR) is 152 cm³/mol. The van der Waals surface area contributed by atoms with Crippen molar-refractivity contribution < 1.29 is 23.4 Å². The molecular formula is C29H24BrN3O6. The average Bonchev–Trinajstić information content (AvgIpc) is 3.35. The molecule has 0 amide bonds. The maximum Gasteiger partial charge on any atom is 0.344 e. The molecule has 5 aromatic rings. The summed E-state index contributed by atoms with van der Waals surface area (Å²) in [6.45, 7) is 3.99. The minimum Gasteiger partial charge on any atom is -0.490 e. The Kier molecular flexibility index (Phi) is 7.74. The SMILES string of the molecule is CCOC(=O)COc1ccc(C=Nn2c(-c3cc4cc(Br)ccc4o3)nc3ccccc3c2=O)cc1OCC. The number of carbonyl (C=O) groups is 1. The average molecular weight is 590 g/mol. The fraction of sp³-hybridized carbons (Fsp3) is 0.172. The van der Waals surface area contributed by atoms with Crippen LogP contribution in [0.2, 0.25) is 0 Å². The van der Waals surface area contributed by atoms with Gasteiger partial charge in [0.05, 0.1) is 30.3 Å². The monoisotopic (exact) mass is 589 g/mol. The smallest absolute Gasteiger partial charge is 0.344 e. The molecule has 2 heterocycles. The largest absolute Gasteiger partial charge is 0.490 e. The number of hydrogen-bond donors (Lipinski definition) is 0. The number of benzene rings is 3. The molecule has 5 rings (SSSR count). The first-order valence-corrected chi connectivity index (χ1v) is 13.1. The molecular weight excluding hydrogens is 566 g/mol. The summed E-state index contributed by atoms with van der Waals surface area (Å²) < 4.78 is 24.4. The molecule has 3 aromatic carbocycles. The highest BCUT2D eigenvalue weighted by atomic mass is 79.9. The lowest BCUT2D eigenvalue weighted by atomic mass is 10.2. The molecule has 10 heteroatoms. The minimum absolute atomic E-state index is 0.239. The molecule has 0 spiro atoms. The Morgan fingerprint density at radius 1 is 1.03 bits per heavy atom. The van der Waals surface area contributed by atoms with Crippen molar-refractivity contribution in [1.82, 2.24) is 9.66 Å². The molecule has 0 radical (unpaired) electrons. The van der Waals surface area contributed by atoms with Crippen molar-refractivity contribution >= 4 is 50.0 Å². The van der Waals surface area contributed by atoms with Gasteiger partial charge in [-0.05, 0) is 74.0 Å². The van der Waals surface area contributed by atoms with Gasteiger partial charge in [-0.2, -0.15) is 9.78 Å². The lowest BCUT2D eigenvalue weighted by molar-refractivity contribution is -0.145. The van der Waals surface area contributed by atoms with Crippen LogP contribution in [-0.4, -0.2) is 41.7 Å². The maximum atomic E-state index is 13.5. The molecule has 0 saturated heterocycles. The zero-order valence-electron chi connectivity index (χ0n) is 21.2. The van der Waals surface area contributed by atoms with Gasteiger partial charge in [-0.25, -0.2) is 9.78 Å². The fourth-order valence-electron chi connectivity index (χ4n) is 3.97. The van der Waals surface area contributed by atoms with E-state index in [1.165, 1.54) is 10.9 Å². The van der Waals surface area contributed by atoms with E-state index in [4.69, 9.17) is 23.6 Å². The van der Waals surface area contributed by atoms with E-state index in [1.54, 1.807) is 43.3 Å². The second-order valence-corrected chi connectivity index (χ2v) is 9.26. The van der Waals surface area contributed by atoms with E-state index in [0.717, 1.165) is 9.86 Å². The molecule has 2 aromatic heterocycles. The highest BCUT2D eigenvalue weighted by Gasteiger charge is 2.17. The van der Waals surface area contributed by atoms with Gasteiger partial charge in [-0.15, -0.1) is 0 Å². The van der Waals surface area contributed by atoms with E-state index in [9.17, 15) is 9.59 Å². The molecule has 0 atom stereocenters. The van der Waals surface area contributed by atoms with Gasteiger partial charge in [0.2, 0.25) is 5.82 Å². The van der Waals surface area contributed by atoms with Crippen molar-refractivity contribution in [3.63, 3.8) is 0 Å². The molecule has 0 N–H and O–H groups in total. The van der Waals surface area contributed by atoms with Crippen LogP contribution in [0.25, 0.3) is 33.5 Å². The third-order valence-corrected chi connectivity index (χ3v) is 6.19. The second-order valence-electron chi connectivity index (χ2n) is 8.34. The number of hydrogen-bond acceptors (Lipinski definition) is 8. The maximum absolute atomic E-state index is 13.5. The van der Waals surface area contributed by atoms with Crippen molar-refractivity contribution in [2.75, 3.05) is 19.8 Å². The third kappa shape index (κ3) is 5.70. The molecule has 0 bridgehead atoms. The topological polar surface area (TPSA) is 105 Å². The minimum atomic E-state index is -0.473. The number of nitrogens with zero attached hydrogens (tertiary/aromatic N) is 3. The van der Waals surface area contributed by atoms with E-state index in [-0.39, 0.29) is 24.6 Å². The summed E-state index contributed by atoms with van der Waals surface area (Å²) in [4.78, 5) is 29.9. The normalized spacial score (nSPS) is 11.4. The van der Waals surface area contributed by atoms with Gasteiger partial charge >= 0.3 is 5.97 Å². The van der Waals surface area contributed by atoms with Crippen molar-refractivity contribution in [3.8, 4) is 23.1 Å². The molecule has 0 aliphatic carbocycles. The van der Waals surface area contributed by atoms with Crippen LogP contribution in [0.3, 0.4) is 0 Å². The summed E-state index contributed by atoms with van der Waals surface area (Å²) in [6, 6.07) is 19.7. The van der Waals surface area contributed by atoms with E-state index in [1.807, 2.05) is 37.3 Å². The van der Waals surface area contributed by atoms with Gasteiger partial charge < -0.3 is 18.6 Å². The number of halogens is 1. The Hall–Kier alpha value is -4.44. The summed E-state index contributed by atoms with van der Waals surface area (Å²) in [7, 11) is 0. The van der Waals surface area contributed by atoms with Crippen molar-refractivity contribution in [2.45, 2.75) is 13.8 Å². The lowest BCUT2D eigenvalue weighted by Gasteiger charge is -2.12. The summed E-state index contributed by atoms with van der Waals surface area (Å²) in [5.74, 6) is 1.01. The second kappa shape index (κ2) is 11.5. The summed E-state index contributed by atoms with van der Waals surface area (Å²) in [5, 5.41) is 5.78. The Balaban J connectivity index is 1.55. The van der Waals surface area contributed by atoms with E-state index in [0.29, 0.717) is 45.9 Å². The first kappa shape index (κ1) is 26.2. The van der Waals surface area contributed by atoms with Gasteiger partial charge in [0, 0.05) is 9.86 Å². The van der Waals surface area contributed by atoms with Gasteiger partial charge in [0.15, 0.2) is 23.9 Å². The van der Waals surface area contributed by atoms with Crippen LogP contribution in [0, 0.1) is 0 Å². The van der Waals surface area contributed by atoms with E-state index in [2.05, 4.69) is 21.0 Å². The molecule has 0 fully saturated rings. The van der Waals surface area contributed by atoms with E-state index >= 15 is 0 Å². The van der Waals surface area contributed by atoms with Gasteiger partial charge in [0.25, 0.3) is 5.56 Å². The first-order chi connectivity index (χ1) is 19.0. The Labute approximate surface area is 231 Å². The summed E-state index contributed by atoms with van der Waals surface area (Å²) in [6.07, 6.45) is 1.53. The van der Waals surface area contributed by atoms with Crippen LogP contribution in [0.15, 0.2) is 85.5 Å². The molecule has 198 valence electrons. The van der Waals surface area contributed by atoms with Crippen molar-refractivity contribution in [2.24, 2.45) is 5.10 Å². The number of para-hydroxylation sites is 1. The molecule has 39 heavy (non-hydrogen) atoms. The van der Waals surface area contributed by atoms with Gasteiger partial charge in [-0.1, -0.05) is 28.1 Å². The zero-order chi connectivity index (χ0) is 27.4. The summed E-state index contributed by atoms with van der Waals surface area (Å²) >= 11 is 3.47. The Morgan fingerprint density at radius 3 is 2.69 bits per heavy atom. The number of esters is 1.